The Labute approximate surface area is 557 Å². The Bertz CT molecular complexity index is 5070. The fraction of sp³-hybridized carbons (Fsp3) is 0.111. The maximum absolute atomic E-state index is 10.4. The van der Waals surface area contributed by atoms with E-state index in [4.69, 9.17) is 9.97 Å². The van der Waals surface area contributed by atoms with Crippen LogP contribution in [-0.2, 0) is 68.7 Å². The third-order valence-electron chi connectivity index (χ3n) is 14.9. The summed E-state index contributed by atoms with van der Waals surface area (Å²) in [5.74, 6) is 0. The van der Waals surface area contributed by atoms with Gasteiger partial charge in [-0.2, -0.15) is 0 Å². The molecule has 2 aliphatic rings. The van der Waals surface area contributed by atoms with E-state index in [2.05, 4.69) is 175 Å². The minimum atomic E-state index is -4.27. The Morgan fingerprint density at radius 3 is 0.979 bits per heavy atom. The largest absolute Gasteiger partial charge is 0.744 e. The van der Waals surface area contributed by atoms with E-state index in [1.807, 2.05) is 55.9 Å². The van der Waals surface area contributed by atoms with E-state index in [-0.39, 0.29) is 19.6 Å². The van der Waals surface area contributed by atoms with Gasteiger partial charge in [0.15, 0.2) is 49.6 Å². The maximum atomic E-state index is 10.4. The molecule has 0 spiro atoms. The van der Waals surface area contributed by atoms with Crippen LogP contribution in [0.25, 0.3) is 79.2 Å². The molecule has 8 bridgehead atoms. The van der Waals surface area contributed by atoms with Gasteiger partial charge in [-0.15, -0.1) is 0 Å². The highest BCUT2D eigenvalue weighted by Gasteiger charge is 2.26. The number of pyridine rings is 4. The first-order valence-corrected chi connectivity index (χ1v) is 35.1. The average molecular weight is 1360 g/mol. The average Bonchev–Trinajstić information content (AvgIpc) is 1.58. The highest BCUT2D eigenvalue weighted by molar-refractivity contribution is 7.86. The number of aromatic nitrogens is 8. The smallest absolute Gasteiger partial charge is 0.169 e. The van der Waals surface area contributed by atoms with E-state index in [9.17, 15) is 51.9 Å². The highest BCUT2D eigenvalue weighted by atomic mass is 32.2. The second kappa shape index (κ2) is 29.6. The lowest BCUT2D eigenvalue weighted by Crippen LogP contribution is -2.26. The van der Waals surface area contributed by atoms with Crippen molar-refractivity contribution in [2.75, 3.05) is 0 Å². The van der Waals surface area contributed by atoms with Gasteiger partial charge >= 0.3 is 0 Å². The van der Waals surface area contributed by atoms with Gasteiger partial charge in [-0.1, -0.05) is 70.8 Å². The number of hydrogen-bond donors (Lipinski definition) is 2. The molecule has 0 saturated carbocycles. The topological polar surface area (TPSA) is 302 Å². The molecule has 2 N–H and O–H groups in total. The quantitative estimate of drug-likeness (QED) is 0.106. The van der Waals surface area contributed by atoms with Crippen LogP contribution in [0.1, 0.15) is 50.6 Å². The van der Waals surface area contributed by atoms with Gasteiger partial charge in [-0.05, 0) is 147 Å². The lowest BCUT2D eigenvalue weighted by molar-refractivity contribution is -0.671. The molecule has 96 heavy (non-hydrogen) atoms. The minimum absolute atomic E-state index is 0.178. The summed E-state index contributed by atoms with van der Waals surface area (Å²) in [6.45, 7) is 7.28. The van der Waals surface area contributed by atoms with Crippen molar-refractivity contribution >= 4 is 86.3 Å². The number of rotatable bonds is 8. The summed E-state index contributed by atoms with van der Waals surface area (Å²) in [5, 5.41) is 0. The monoisotopic (exact) mass is 1360 g/mol. The molecule has 0 radical (unpaired) electrons. The van der Waals surface area contributed by atoms with E-state index in [1.165, 1.54) is 48.5 Å². The molecular weight excluding hydrogens is 1300 g/mol. The van der Waals surface area contributed by atoms with Gasteiger partial charge in [-0.3, -0.25) is 0 Å². The molecule has 0 fully saturated rings. The van der Waals surface area contributed by atoms with Gasteiger partial charge in [0.1, 0.15) is 68.7 Å². The second-order valence-electron chi connectivity index (χ2n) is 22.7. The summed E-state index contributed by atoms with van der Waals surface area (Å²) in [6, 6.07) is 51.1. The number of benzene rings is 4. The molecule has 2 aliphatic heterocycles. The SMILES string of the molecule is C[n+]1ccc(C2=Cc3cc4ccc(cc5nc(cc6[nH]c(c(-c7cc[n+](C)cc7)c2n3)c(-c2cc[n+](C)cc2)c6-c2cc[n+](C)cc2)C=C5)[nH]4)cc1.Cc1ccc(S(=O)(=O)[O-])cc1.Cc1ccc(S(=O)(=O)[O-])cc1.Cc1ccc(S(=O)(=O)[O-])cc1.Cc1ccc(S(=O)(=O)[O-])cc1. The molecule has 0 amide bonds. The highest BCUT2D eigenvalue weighted by Crippen LogP contribution is 2.45. The summed E-state index contributed by atoms with van der Waals surface area (Å²) < 4.78 is 133. The Hall–Kier alpha value is -10.3. The van der Waals surface area contributed by atoms with Gasteiger partial charge in [-0.25, -0.2) is 61.9 Å². The van der Waals surface area contributed by atoms with Crippen molar-refractivity contribution in [1.29, 1.82) is 0 Å². The first-order chi connectivity index (χ1) is 45.3. The fourth-order valence-corrected chi connectivity index (χ4v) is 11.7. The van der Waals surface area contributed by atoms with E-state index >= 15 is 0 Å². The Kier molecular flexibility index (Phi) is 21.6. The zero-order chi connectivity index (χ0) is 69.3. The fourth-order valence-electron chi connectivity index (χ4n) is 9.85. The first kappa shape index (κ1) is 70.0. The number of aromatic amines is 2. The normalized spacial score (nSPS) is 11.9. The summed E-state index contributed by atoms with van der Waals surface area (Å²) in [5.41, 5.74) is 19.8. The van der Waals surface area contributed by atoms with E-state index in [1.54, 1.807) is 48.5 Å². The summed E-state index contributed by atoms with van der Waals surface area (Å²) in [7, 11) is -8.89. The molecule has 0 saturated heterocycles. The maximum Gasteiger partial charge on any atom is 0.169 e. The van der Waals surface area contributed by atoms with Gasteiger partial charge < -0.3 is 28.2 Å². The van der Waals surface area contributed by atoms with E-state index in [0.29, 0.717) is 0 Å². The molecule has 0 unspecified atom stereocenters. The van der Waals surface area contributed by atoms with Crippen LogP contribution in [0, 0.1) is 27.7 Å². The number of fused-ring (bicyclic) bond motifs is 8. The van der Waals surface area contributed by atoms with Gasteiger partial charge in [0.25, 0.3) is 0 Å². The number of aryl methyl sites for hydroxylation is 8. The third-order valence-corrected chi connectivity index (χ3v) is 18.3. The van der Waals surface area contributed by atoms with Crippen molar-refractivity contribution in [2.45, 2.75) is 47.3 Å². The van der Waals surface area contributed by atoms with Crippen LogP contribution in [0.5, 0.6) is 0 Å². The lowest BCUT2D eigenvalue weighted by Gasteiger charge is -2.11. The van der Waals surface area contributed by atoms with Crippen LogP contribution in [0.3, 0.4) is 0 Å². The molecule has 24 heteroatoms. The predicted octanol–water partition coefficient (Wildman–Crippen LogP) is 9.97. The molecule has 9 heterocycles. The Morgan fingerprint density at radius 1 is 0.333 bits per heavy atom. The van der Waals surface area contributed by atoms with Crippen molar-refractivity contribution < 1.29 is 70.2 Å². The summed E-state index contributed by atoms with van der Waals surface area (Å²) in [6.07, 6.45) is 23.1. The van der Waals surface area contributed by atoms with Crippen LogP contribution in [-0.4, -0.2) is 71.8 Å². The van der Waals surface area contributed by atoms with Crippen molar-refractivity contribution in [3.63, 3.8) is 0 Å². The van der Waals surface area contributed by atoms with Gasteiger partial charge in [0, 0.05) is 87.3 Å². The number of nitrogens with zero attached hydrogens (tertiary/aromatic N) is 6. The van der Waals surface area contributed by atoms with Crippen molar-refractivity contribution in [1.82, 2.24) is 19.9 Å². The number of nitrogens with one attached hydrogen (secondary N) is 2. The first-order valence-electron chi connectivity index (χ1n) is 29.5. The van der Waals surface area contributed by atoms with Crippen LogP contribution < -0.4 is 18.3 Å². The molecular formula is C72H66N8O12S4. The zero-order valence-corrected chi connectivity index (χ0v) is 56.6. The van der Waals surface area contributed by atoms with Crippen LogP contribution in [0.15, 0.2) is 245 Å². The van der Waals surface area contributed by atoms with Gasteiger partial charge in [0.05, 0.1) is 47.9 Å². The molecule has 20 nitrogen and oxygen atoms in total. The van der Waals surface area contributed by atoms with Crippen molar-refractivity contribution in [3.8, 4) is 33.4 Å². The van der Waals surface area contributed by atoms with Crippen molar-refractivity contribution in [3.05, 3.63) is 276 Å². The minimum Gasteiger partial charge on any atom is -0.744 e. The van der Waals surface area contributed by atoms with Crippen LogP contribution >= 0.6 is 0 Å². The molecule has 11 aromatic rings. The number of hydrogen-bond acceptors (Lipinski definition) is 14. The number of H-pyrrole nitrogens is 2. The van der Waals surface area contributed by atoms with Crippen LogP contribution in [0.2, 0.25) is 0 Å². The molecule has 7 aromatic heterocycles. The standard InChI is InChI=1S/C44H36N8.4C7H8O3S/c1-49-17-9-29(10-18-49)38-27-37-26-35-6-5-33(45-35)25-34-7-8-36(46-34)28-39-40(30-11-19-50(2)20-12-30)41(31-13-21-51(3)22-14-31)44(48-39)42(43(38)47-37)32-15-23-52(4)24-16-32;4*1-6-2-4-7(5-3-6)11(8,9)10/h5-28H,1-4H3;4*2-5H,1H3,(H,8,9,10)/q+2;;;;/p-2. The summed E-state index contributed by atoms with van der Waals surface area (Å²) in [4.78, 5) is 17.3. The third kappa shape index (κ3) is 18.6. The Morgan fingerprint density at radius 2 is 0.635 bits per heavy atom. The van der Waals surface area contributed by atoms with Crippen molar-refractivity contribution in [2.24, 2.45) is 28.2 Å². The predicted molar refractivity (Wildman–Crippen MR) is 361 cm³/mol. The van der Waals surface area contributed by atoms with Crippen LogP contribution in [0.4, 0.5) is 0 Å². The summed E-state index contributed by atoms with van der Waals surface area (Å²) >= 11 is 0. The van der Waals surface area contributed by atoms with E-state index in [0.717, 1.165) is 112 Å². The second-order valence-corrected chi connectivity index (χ2v) is 28.2. The molecule has 490 valence electrons. The van der Waals surface area contributed by atoms with E-state index < -0.39 is 40.5 Å². The Balaban J connectivity index is 0.000000196. The zero-order valence-electron chi connectivity index (χ0n) is 53.3. The lowest BCUT2D eigenvalue weighted by atomic mass is 9.92. The molecule has 0 atom stereocenters. The molecule has 4 aromatic carbocycles. The van der Waals surface area contributed by atoms with Gasteiger partial charge in [0.2, 0.25) is 0 Å². The molecule has 13 rings (SSSR count). The molecule has 0 aliphatic carbocycles.